The zero-order valence-electron chi connectivity index (χ0n) is 16.0. The van der Waals surface area contributed by atoms with Crippen LogP contribution in [0.2, 0.25) is 0 Å². The first kappa shape index (κ1) is 19.0. The van der Waals surface area contributed by atoms with Crippen LogP contribution in [0.1, 0.15) is 36.5 Å². The van der Waals surface area contributed by atoms with Gasteiger partial charge in [0.2, 0.25) is 5.91 Å². The van der Waals surface area contributed by atoms with Gasteiger partial charge in [-0.3, -0.25) is 4.79 Å². The summed E-state index contributed by atoms with van der Waals surface area (Å²) in [6.45, 7) is 5.13. The van der Waals surface area contributed by atoms with E-state index >= 15 is 0 Å². The average Bonchev–Trinajstić information content (AvgIpc) is 3.18. The Morgan fingerprint density at radius 1 is 1.11 bits per heavy atom. The van der Waals surface area contributed by atoms with E-state index in [4.69, 9.17) is 0 Å². The lowest BCUT2D eigenvalue weighted by atomic mass is 10.1. The number of nitrogens with zero attached hydrogens (tertiary/aromatic N) is 1. The minimum atomic E-state index is -0.426. The highest BCUT2D eigenvalue weighted by atomic mass is 16.2. The molecule has 3 amide bonds. The Balaban J connectivity index is 1.65. The summed E-state index contributed by atoms with van der Waals surface area (Å²) < 4.78 is 0. The number of benzene rings is 2. The third-order valence-corrected chi connectivity index (χ3v) is 5.09. The summed E-state index contributed by atoms with van der Waals surface area (Å²) in [7, 11) is 0. The van der Waals surface area contributed by atoms with Crippen molar-refractivity contribution in [3.05, 3.63) is 65.2 Å². The smallest absolute Gasteiger partial charge is 0.318 e. The van der Waals surface area contributed by atoms with Crippen LogP contribution < -0.4 is 10.6 Å². The van der Waals surface area contributed by atoms with E-state index < -0.39 is 6.04 Å². The maximum atomic E-state index is 12.9. The van der Waals surface area contributed by atoms with E-state index in [9.17, 15) is 9.59 Å². The molecule has 0 unspecified atom stereocenters. The first-order valence-corrected chi connectivity index (χ1v) is 9.58. The minimum Gasteiger partial charge on any atom is -0.334 e. The van der Waals surface area contributed by atoms with Gasteiger partial charge in [-0.05, 0) is 42.9 Å². The van der Waals surface area contributed by atoms with E-state index in [2.05, 4.69) is 17.6 Å². The number of carbonyl (C=O) groups excluding carboxylic acids is 2. The van der Waals surface area contributed by atoms with E-state index in [1.807, 2.05) is 55.5 Å². The monoisotopic (exact) mass is 365 g/mol. The topological polar surface area (TPSA) is 61.4 Å². The van der Waals surface area contributed by atoms with Crippen molar-refractivity contribution < 1.29 is 9.59 Å². The third kappa shape index (κ3) is 4.48. The molecule has 5 heteroatoms. The molecule has 1 saturated heterocycles. The maximum Gasteiger partial charge on any atom is 0.318 e. The molecule has 1 aliphatic rings. The molecule has 0 saturated carbocycles. The van der Waals surface area contributed by atoms with Gasteiger partial charge in [-0.1, -0.05) is 55.5 Å². The van der Waals surface area contributed by atoms with Gasteiger partial charge in [-0.2, -0.15) is 0 Å². The van der Waals surface area contributed by atoms with Crippen LogP contribution in [0.5, 0.6) is 0 Å². The summed E-state index contributed by atoms with van der Waals surface area (Å²) in [5, 5.41) is 6.00. The highest BCUT2D eigenvalue weighted by Gasteiger charge is 2.34. The zero-order valence-corrected chi connectivity index (χ0v) is 16.0. The van der Waals surface area contributed by atoms with Gasteiger partial charge >= 0.3 is 6.03 Å². The fourth-order valence-corrected chi connectivity index (χ4v) is 3.57. The number of hydrogen-bond acceptors (Lipinski definition) is 2. The number of para-hydroxylation sites is 1. The molecule has 142 valence electrons. The van der Waals surface area contributed by atoms with E-state index in [-0.39, 0.29) is 11.9 Å². The molecule has 0 aliphatic carbocycles. The lowest BCUT2D eigenvalue weighted by Crippen LogP contribution is -2.47. The van der Waals surface area contributed by atoms with Gasteiger partial charge < -0.3 is 15.5 Å². The van der Waals surface area contributed by atoms with Gasteiger partial charge in [0.15, 0.2) is 0 Å². The molecular weight excluding hydrogens is 338 g/mol. The number of amides is 3. The van der Waals surface area contributed by atoms with Gasteiger partial charge in [0.25, 0.3) is 0 Å². The molecule has 1 fully saturated rings. The first-order chi connectivity index (χ1) is 13.1. The second-order valence-corrected chi connectivity index (χ2v) is 6.95. The van der Waals surface area contributed by atoms with Crippen molar-refractivity contribution in [3.63, 3.8) is 0 Å². The van der Waals surface area contributed by atoms with Crippen molar-refractivity contribution in [2.24, 2.45) is 0 Å². The van der Waals surface area contributed by atoms with Crippen molar-refractivity contribution in [2.45, 2.75) is 45.7 Å². The van der Waals surface area contributed by atoms with Gasteiger partial charge in [-0.25, -0.2) is 4.79 Å². The van der Waals surface area contributed by atoms with Crippen LogP contribution in [0.15, 0.2) is 48.5 Å². The molecule has 0 radical (unpaired) electrons. The van der Waals surface area contributed by atoms with Crippen LogP contribution in [-0.4, -0.2) is 29.4 Å². The quantitative estimate of drug-likeness (QED) is 0.845. The van der Waals surface area contributed by atoms with Crippen LogP contribution >= 0.6 is 0 Å². The second-order valence-electron chi connectivity index (χ2n) is 6.95. The number of nitrogens with one attached hydrogen (secondary N) is 2. The normalized spacial score (nSPS) is 16.2. The average molecular weight is 365 g/mol. The lowest BCUT2D eigenvalue weighted by molar-refractivity contribution is -0.119. The maximum absolute atomic E-state index is 12.9. The Hall–Kier alpha value is -2.82. The fraction of sp³-hybridized carbons (Fsp3) is 0.364. The van der Waals surface area contributed by atoms with Gasteiger partial charge in [-0.15, -0.1) is 0 Å². The molecule has 27 heavy (non-hydrogen) atoms. The summed E-state index contributed by atoms with van der Waals surface area (Å²) in [5.41, 5.74) is 4.07. The van der Waals surface area contributed by atoms with E-state index in [0.717, 1.165) is 35.2 Å². The van der Waals surface area contributed by atoms with Crippen LogP contribution in [0.25, 0.3) is 0 Å². The van der Waals surface area contributed by atoms with Crippen LogP contribution in [0.4, 0.5) is 10.5 Å². The fourth-order valence-electron chi connectivity index (χ4n) is 3.57. The van der Waals surface area contributed by atoms with Crippen molar-refractivity contribution in [2.75, 3.05) is 11.9 Å². The second kappa shape index (κ2) is 8.71. The lowest BCUT2D eigenvalue weighted by Gasteiger charge is -2.25. The number of anilines is 1. The largest absolute Gasteiger partial charge is 0.334 e. The summed E-state index contributed by atoms with van der Waals surface area (Å²) in [6.07, 6.45) is 2.38. The number of urea groups is 1. The SMILES string of the molecule is CCc1cccc(C)c1NC(=O)[C@@H]1CCCN1C(=O)NCc1ccccc1. The molecule has 2 aromatic carbocycles. The third-order valence-electron chi connectivity index (χ3n) is 5.09. The molecular formula is C22H27N3O2. The highest BCUT2D eigenvalue weighted by molar-refractivity contribution is 5.98. The van der Waals surface area contributed by atoms with Crippen LogP contribution in [-0.2, 0) is 17.8 Å². The molecule has 0 spiro atoms. The number of carbonyl (C=O) groups is 2. The van der Waals surface area contributed by atoms with Gasteiger partial charge in [0.1, 0.15) is 6.04 Å². The molecule has 0 aromatic heterocycles. The predicted octanol–water partition coefficient (Wildman–Crippen LogP) is 3.87. The Kier molecular flexibility index (Phi) is 6.12. The number of aryl methyl sites for hydroxylation is 2. The number of hydrogen-bond donors (Lipinski definition) is 2. The molecule has 1 heterocycles. The van der Waals surface area contributed by atoms with Gasteiger partial charge in [0, 0.05) is 18.8 Å². The molecule has 5 nitrogen and oxygen atoms in total. The van der Waals surface area contributed by atoms with E-state index in [1.165, 1.54) is 0 Å². The minimum absolute atomic E-state index is 0.105. The van der Waals surface area contributed by atoms with E-state index in [1.54, 1.807) is 4.90 Å². The Morgan fingerprint density at radius 2 is 1.89 bits per heavy atom. The zero-order chi connectivity index (χ0) is 19.2. The highest BCUT2D eigenvalue weighted by Crippen LogP contribution is 2.24. The van der Waals surface area contributed by atoms with E-state index in [0.29, 0.717) is 19.5 Å². The number of likely N-dealkylation sites (tertiary alicyclic amines) is 1. The first-order valence-electron chi connectivity index (χ1n) is 9.58. The summed E-state index contributed by atoms with van der Waals surface area (Å²) >= 11 is 0. The summed E-state index contributed by atoms with van der Waals surface area (Å²) in [5.74, 6) is -0.105. The predicted molar refractivity (Wildman–Crippen MR) is 108 cm³/mol. The van der Waals surface area contributed by atoms with Crippen LogP contribution in [0.3, 0.4) is 0 Å². The number of rotatable bonds is 5. The summed E-state index contributed by atoms with van der Waals surface area (Å²) in [6, 6.07) is 15.2. The molecule has 0 bridgehead atoms. The van der Waals surface area contributed by atoms with Gasteiger partial charge in [0.05, 0.1) is 0 Å². The molecule has 1 atom stereocenters. The Morgan fingerprint density at radius 3 is 2.63 bits per heavy atom. The summed E-state index contributed by atoms with van der Waals surface area (Å²) in [4.78, 5) is 27.2. The van der Waals surface area contributed by atoms with Crippen molar-refractivity contribution >= 4 is 17.6 Å². The van der Waals surface area contributed by atoms with Crippen molar-refractivity contribution in [1.82, 2.24) is 10.2 Å². The Bertz CT molecular complexity index is 804. The molecule has 1 aliphatic heterocycles. The molecule has 3 rings (SSSR count). The molecule has 2 aromatic rings. The van der Waals surface area contributed by atoms with Crippen LogP contribution in [0, 0.1) is 6.92 Å². The van der Waals surface area contributed by atoms with Crippen molar-refractivity contribution in [3.8, 4) is 0 Å². The Labute approximate surface area is 160 Å². The van der Waals surface area contributed by atoms with Crippen molar-refractivity contribution in [1.29, 1.82) is 0 Å². The molecule has 2 N–H and O–H groups in total. The standard InChI is InChI=1S/C22H27N3O2/c1-3-18-12-7-9-16(2)20(18)24-21(26)19-13-8-14-25(19)22(27)23-15-17-10-5-4-6-11-17/h4-7,9-12,19H,3,8,13-15H2,1-2H3,(H,23,27)(H,24,26)/t19-/m0/s1.